The molecule has 2 aromatic heterocycles. The molecule has 10 heteroatoms. The molecule has 186 valence electrons. The fourth-order valence-corrected chi connectivity index (χ4v) is 5.18. The van der Waals surface area contributed by atoms with Crippen LogP contribution in [-0.2, 0) is 16.4 Å². The number of hydrogen-bond acceptors (Lipinski definition) is 5. The van der Waals surface area contributed by atoms with Crippen molar-refractivity contribution in [1.82, 2.24) is 20.2 Å². The largest absolute Gasteiger partial charge is 0.350 e. The quantitative estimate of drug-likeness (QED) is 0.374. The lowest BCUT2D eigenvalue weighted by atomic mass is 10.2. The predicted octanol–water partition coefficient (Wildman–Crippen LogP) is 3.95. The van der Waals surface area contributed by atoms with Crippen LogP contribution in [0.3, 0.4) is 0 Å². The van der Waals surface area contributed by atoms with Crippen molar-refractivity contribution in [2.24, 2.45) is 0 Å². The van der Waals surface area contributed by atoms with E-state index in [1.54, 1.807) is 36.7 Å². The Bertz CT molecular complexity index is 1490. The molecule has 0 saturated carbocycles. The standard InChI is InChI=1S/C26H25FN4O4S/c1-3-31(4-2)26(33)18-7-10-21(27)24(14-18)36(34,35)20-8-5-17(6-9-20)15-29-25(32)23-13-19-16-28-12-11-22(19)30-23/h5-14,16,30H,3-4,15H2,1-2H3,(H,29,32). The van der Waals surface area contributed by atoms with Crippen molar-refractivity contribution >= 4 is 32.6 Å². The van der Waals surface area contributed by atoms with Crippen molar-refractivity contribution in [2.75, 3.05) is 13.1 Å². The number of nitrogens with one attached hydrogen (secondary N) is 2. The first-order valence-corrected chi connectivity index (χ1v) is 12.9. The molecule has 0 spiro atoms. The number of benzene rings is 2. The highest BCUT2D eigenvalue weighted by atomic mass is 32.2. The molecule has 0 radical (unpaired) electrons. The summed E-state index contributed by atoms with van der Waals surface area (Å²) in [5.74, 6) is -1.62. The number of carbonyl (C=O) groups excluding carboxylic acids is 2. The van der Waals surface area contributed by atoms with Gasteiger partial charge in [0, 0.05) is 48.5 Å². The van der Waals surface area contributed by atoms with Gasteiger partial charge in [0.05, 0.1) is 4.90 Å². The van der Waals surface area contributed by atoms with Crippen LogP contribution in [0.2, 0.25) is 0 Å². The molecule has 0 atom stereocenters. The lowest BCUT2D eigenvalue weighted by Crippen LogP contribution is -2.30. The Morgan fingerprint density at radius 2 is 1.75 bits per heavy atom. The molecule has 2 aromatic carbocycles. The zero-order valence-corrected chi connectivity index (χ0v) is 20.6. The van der Waals surface area contributed by atoms with Gasteiger partial charge in [0.25, 0.3) is 11.8 Å². The maximum Gasteiger partial charge on any atom is 0.267 e. The Hall–Kier alpha value is -4.05. The fourth-order valence-electron chi connectivity index (χ4n) is 3.82. The van der Waals surface area contributed by atoms with Gasteiger partial charge >= 0.3 is 0 Å². The number of amides is 2. The van der Waals surface area contributed by atoms with Crippen LogP contribution in [0, 0.1) is 5.82 Å². The summed E-state index contributed by atoms with van der Waals surface area (Å²) in [6.07, 6.45) is 3.28. The van der Waals surface area contributed by atoms with Crippen molar-refractivity contribution in [1.29, 1.82) is 0 Å². The number of hydrogen-bond donors (Lipinski definition) is 2. The molecule has 2 N–H and O–H groups in total. The van der Waals surface area contributed by atoms with E-state index in [-0.39, 0.29) is 28.8 Å². The van der Waals surface area contributed by atoms with E-state index in [2.05, 4.69) is 15.3 Å². The van der Waals surface area contributed by atoms with Crippen LogP contribution in [0.25, 0.3) is 10.9 Å². The fraction of sp³-hybridized carbons (Fsp3) is 0.192. The summed E-state index contributed by atoms with van der Waals surface area (Å²) in [6.45, 7) is 4.68. The summed E-state index contributed by atoms with van der Waals surface area (Å²) < 4.78 is 40.8. The van der Waals surface area contributed by atoms with Gasteiger partial charge in [-0.3, -0.25) is 14.6 Å². The Kier molecular flexibility index (Phi) is 7.16. The highest BCUT2D eigenvalue weighted by Crippen LogP contribution is 2.25. The van der Waals surface area contributed by atoms with Gasteiger partial charge in [0.15, 0.2) is 0 Å². The number of H-pyrrole nitrogens is 1. The van der Waals surface area contributed by atoms with Crippen LogP contribution in [-0.4, -0.2) is 48.2 Å². The van der Waals surface area contributed by atoms with Gasteiger partial charge in [0.2, 0.25) is 9.84 Å². The number of pyridine rings is 1. The van der Waals surface area contributed by atoms with Gasteiger partial charge < -0.3 is 15.2 Å². The maximum absolute atomic E-state index is 14.5. The second-order valence-corrected chi connectivity index (χ2v) is 10.0. The van der Waals surface area contributed by atoms with E-state index >= 15 is 0 Å². The summed E-state index contributed by atoms with van der Waals surface area (Å²) in [4.78, 5) is 33.0. The van der Waals surface area contributed by atoms with Crippen LogP contribution in [0.5, 0.6) is 0 Å². The van der Waals surface area contributed by atoms with Gasteiger partial charge in [-0.1, -0.05) is 12.1 Å². The van der Waals surface area contributed by atoms with Crippen molar-refractivity contribution < 1.29 is 22.4 Å². The third-order valence-corrected chi connectivity index (χ3v) is 7.66. The Morgan fingerprint density at radius 3 is 2.42 bits per heavy atom. The van der Waals surface area contributed by atoms with Crippen LogP contribution in [0.15, 0.2) is 76.8 Å². The van der Waals surface area contributed by atoms with Crippen LogP contribution in [0.1, 0.15) is 40.3 Å². The van der Waals surface area contributed by atoms with Gasteiger partial charge in [-0.15, -0.1) is 0 Å². The van der Waals surface area contributed by atoms with Crippen molar-refractivity contribution in [2.45, 2.75) is 30.2 Å². The minimum absolute atomic E-state index is 0.103. The average molecular weight is 509 g/mol. The van der Waals surface area contributed by atoms with Crippen LogP contribution in [0.4, 0.5) is 4.39 Å². The maximum atomic E-state index is 14.5. The summed E-state index contributed by atoms with van der Waals surface area (Å²) in [6, 6.07) is 12.6. The topological polar surface area (TPSA) is 112 Å². The molecule has 0 aliphatic rings. The predicted molar refractivity (Wildman–Crippen MR) is 133 cm³/mol. The van der Waals surface area contributed by atoms with Gasteiger partial charge in [-0.05, 0) is 61.9 Å². The van der Waals surface area contributed by atoms with Crippen molar-refractivity contribution in [3.8, 4) is 0 Å². The van der Waals surface area contributed by atoms with Crippen LogP contribution >= 0.6 is 0 Å². The van der Waals surface area contributed by atoms with Crippen molar-refractivity contribution in [3.63, 3.8) is 0 Å². The first-order valence-electron chi connectivity index (χ1n) is 11.4. The molecule has 8 nitrogen and oxygen atoms in total. The average Bonchev–Trinajstić information content (AvgIpc) is 3.33. The molecule has 0 unspecified atom stereocenters. The van der Waals surface area contributed by atoms with E-state index in [0.29, 0.717) is 24.3 Å². The smallest absolute Gasteiger partial charge is 0.267 e. The van der Waals surface area contributed by atoms with E-state index in [1.165, 1.54) is 23.1 Å². The molecule has 0 fully saturated rings. The molecule has 0 bridgehead atoms. The molecular formula is C26H25FN4O4S. The molecule has 0 aliphatic heterocycles. The monoisotopic (exact) mass is 508 g/mol. The third-order valence-electron chi connectivity index (χ3n) is 5.87. The SMILES string of the molecule is CCN(CC)C(=O)c1ccc(F)c(S(=O)(=O)c2ccc(CNC(=O)c3cc4cnccc4[nH]3)cc2)c1. The Morgan fingerprint density at radius 1 is 1.03 bits per heavy atom. The third kappa shape index (κ3) is 4.99. The number of carbonyl (C=O) groups is 2. The number of fused-ring (bicyclic) bond motifs is 1. The zero-order chi connectivity index (χ0) is 25.9. The number of aromatic amines is 1. The first kappa shape index (κ1) is 25.1. The van der Waals surface area contributed by atoms with E-state index in [1.807, 2.05) is 13.8 Å². The number of rotatable bonds is 8. The summed E-state index contributed by atoms with van der Waals surface area (Å²) >= 11 is 0. The molecule has 4 rings (SSSR count). The lowest BCUT2D eigenvalue weighted by molar-refractivity contribution is 0.0772. The molecule has 0 saturated heterocycles. The van der Waals surface area contributed by atoms with Gasteiger partial charge in [-0.25, -0.2) is 12.8 Å². The Labute approximate surface area is 208 Å². The lowest BCUT2D eigenvalue weighted by Gasteiger charge is -2.19. The number of sulfone groups is 1. The minimum Gasteiger partial charge on any atom is -0.350 e. The van der Waals surface area contributed by atoms with Crippen molar-refractivity contribution in [3.05, 3.63) is 89.6 Å². The van der Waals surface area contributed by atoms with Gasteiger partial charge in [0.1, 0.15) is 16.4 Å². The second kappa shape index (κ2) is 10.3. The van der Waals surface area contributed by atoms with Gasteiger partial charge in [-0.2, -0.15) is 0 Å². The van der Waals surface area contributed by atoms with E-state index < -0.39 is 20.5 Å². The summed E-state index contributed by atoms with van der Waals surface area (Å²) in [7, 11) is -4.21. The van der Waals surface area contributed by atoms with E-state index in [0.717, 1.165) is 23.0 Å². The van der Waals surface area contributed by atoms with E-state index in [4.69, 9.17) is 0 Å². The first-order chi connectivity index (χ1) is 17.2. The molecule has 2 amide bonds. The minimum atomic E-state index is -4.21. The summed E-state index contributed by atoms with van der Waals surface area (Å²) in [5.41, 5.74) is 1.93. The van der Waals surface area contributed by atoms with E-state index in [9.17, 15) is 22.4 Å². The normalized spacial score (nSPS) is 11.4. The highest BCUT2D eigenvalue weighted by molar-refractivity contribution is 7.91. The number of halogens is 1. The molecule has 0 aliphatic carbocycles. The molecule has 36 heavy (non-hydrogen) atoms. The molecular weight excluding hydrogens is 483 g/mol. The highest BCUT2D eigenvalue weighted by Gasteiger charge is 2.24. The summed E-state index contributed by atoms with van der Waals surface area (Å²) in [5, 5.41) is 3.59. The Balaban J connectivity index is 1.50. The molecule has 2 heterocycles. The second-order valence-electron chi connectivity index (χ2n) is 8.10. The number of nitrogens with zero attached hydrogens (tertiary/aromatic N) is 2. The van der Waals surface area contributed by atoms with Crippen LogP contribution < -0.4 is 5.32 Å². The number of aromatic nitrogens is 2. The zero-order valence-electron chi connectivity index (χ0n) is 19.8. The molecule has 4 aromatic rings.